The van der Waals surface area contributed by atoms with Gasteiger partial charge in [-0.05, 0) is 5.16 Å². The van der Waals surface area contributed by atoms with Crippen LogP contribution in [0.3, 0.4) is 0 Å². The minimum Gasteiger partial charge on any atom is -0.325 e. The molecule has 0 saturated heterocycles. The lowest BCUT2D eigenvalue weighted by Crippen LogP contribution is -2.00. The maximum atomic E-state index is 5.39. The van der Waals surface area contributed by atoms with Gasteiger partial charge in [0.15, 0.2) is 5.69 Å². The summed E-state index contributed by atoms with van der Waals surface area (Å²) in [6, 6.07) is 0. The minimum absolute atomic E-state index is 0.233. The Labute approximate surface area is 73.0 Å². The molecular formula is C6H6N6O. The Morgan fingerprint density at radius 3 is 2.92 bits per heavy atom. The molecule has 0 aromatic carbocycles. The third kappa shape index (κ3) is 1.36. The maximum Gasteiger partial charge on any atom is 0.206 e. The SMILES string of the molecule is NCc1nonc1-c1nccnn1. The minimum atomic E-state index is 0.233. The zero-order valence-corrected chi connectivity index (χ0v) is 6.58. The second kappa shape index (κ2) is 3.23. The van der Waals surface area contributed by atoms with Crippen molar-refractivity contribution in [2.75, 3.05) is 0 Å². The summed E-state index contributed by atoms with van der Waals surface area (Å²) >= 11 is 0. The van der Waals surface area contributed by atoms with Gasteiger partial charge in [0, 0.05) is 12.7 Å². The molecule has 2 aromatic heterocycles. The Morgan fingerprint density at radius 1 is 1.31 bits per heavy atom. The summed E-state index contributed by atoms with van der Waals surface area (Å²) in [7, 11) is 0. The predicted octanol–water partition coefficient (Wildman–Crippen LogP) is -0.620. The van der Waals surface area contributed by atoms with Gasteiger partial charge in [-0.2, -0.15) is 5.10 Å². The monoisotopic (exact) mass is 178 g/mol. The Bertz CT molecular complexity index is 385. The van der Waals surface area contributed by atoms with Gasteiger partial charge in [0.2, 0.25) is 5.82 Å². The molecule has 2 aromatic rings. The van der Waals surface area contributed by atoms with E-state index in [-0.39, 0.29) is 6.54 Å². The molecule has 13 heavy (non-hydrogen) atoms. The topological polar surface area (TPSA) is 104 Å². The highest BCUT2D eigenvalue weighted by atomic mass is 16.6. The van der Waals surface area contributed by atoms with E-state index in [1.54, 1.807) is 0 Å². The first kappa shape index (κ1) is 7.74. The fourth-order valence-corrected chi connectivity index (χ4v) is 0.866. The van der Waals surface area contributed by atoms with Crippen LogP contribution in [-0.4, -0.2) is 25.5 Å². The Morgan fingerprint density at radius 2 is 2.23 bits per heavy atom. The van der Waals surface area contributed by atoms with Crippen molar-refractivity contribution in [3.63, 3.8) is 0 Å². The quantitative estimate of drug-likeness (QED) is 0.653. The van der Waals surface area contributed by atoms with Gasteiger partial charge in [-0.3, -0.25) is 0 Å². The smallest absolute Gasteiger partial charge is 0.206 e. The molecule has 0 spiro atoms. The third-order valence-electron chi connectivity index (χ3n) is 1.44. The second-order valence-electron chi connectivity index (χ2n) is 2.23. The third-order valence-corrected chi connectivity index (χ3v) is 1.44. The summed E-state index contributed by atoms with van der Waals surface area (Å²) in [6.07, 6.45) is 2.98. The normalized spacial score (nSPS) is 10.2. The van der Waals surface area contributed by atoms with Crippen molar-refractivity contribution in [1.29, 1.82) is 0 Å². The van der Waals surface area contributed by atoms with E-state index in [1.807, 2.05) is 0 Å². The van der Waals surface area contributed by atoms with Crippen LogP contribution in [0.1, 0.15) is 5.69 Å². The molecule has 0 aliphatic rings. The standard InChI is InChI=1S/C6H6N6O/c7-3-4-5(12-13-11-4)6-8-1-2-9-10-6/h1-2H,3,7H2. The lowest BCUT2D eigenvalue weighted by Gasteiger charge is -1.91. The van der Waals surface area contributed by atoms with Gasteiger partial charge >= 0.3 is 0 Å². The van der Waals surface area contributed by atoms with Crippen LogP contribution in [0.25, 0.3) is 11.5 Å². The van der Waals surface area contributed by atoms with Gasteiger partial charge < -0.3 is 5.73 Å². The molecule has 0 atom stereocenters. The number of hydrogen-bond donors (Lipinski definition) is 1. The van der Waals surface area contributed by atoms with Crippen LogP contribution in [0.2, 0.25) is 0 Å². The molecule has 2 heterocycles. The van der Waals surface area contributed by atoms with E-state index in [0.717, 1.165) is 0 Å². The molecule has 0 aliphatic carbocycles. The molecule has 0 aliphatic heterocycles. The molecular weight excluding hydrogens is 172 g/mol. The van der Waals surface area contributed by atoms with E-state index in [9.17, 15) is 0 Å². The van der Waals surface area contributed by atoms with Crippen molar-refractivity contribution >= 4 is 0 Å². The molecule has 7 heteroatoms. The van der Waals surface area contributed by atoms with Crippen molar-refractivity contribution in [3.8, 4) is 11.5 Å². The Balaban J connectivity index is 2.47. The van der Waals surface area contributed by atoms with Gasteiger partial charge in [-0.15, -0.1) is 5.10 Å². The first-order valence-electron chi connectivity index (χ1n) is 3.57. The zero-order chi connectivity index (χ0) is 9.10. The van der Waals surface area contributed by atoms with Gasteiger partial charge in [0.25, 0.3) is 0 Å². The number of nitrogens with two attached hydrogens (primary N) is 1. The largest absolute Gasteiger partial charge is 0.325 e. The van der Waals surface area contributed by atoms with E-state index in [2.05, 4.69) is 30.1 Å². The van der Waals surface area contributed by atoms with Crippen LogP contribution in [0.15, 0.2) is 17.0 Å². The highest BCUT2D eigenvalue weighted by molar-refractivity contribution is 5.49. The molecule has 0 radical (unpaired) electrons. The Hall–Kier alpha value is -1.89. The summed E-state index contributed by atoms with van der Waals surface area (Å²) in [4.78, 5) is 3.94. The van der Waals surface area contributed by atoms with Gasteiger partial charge in [0.05, 0.1) is 6.20 Å². The van der Waals surface area contributed by atoms with Crippen LogP contribution in [0.4, 0.5) is 0 Å². The molecule has 7 nitrogen and oxygen atoms in total. The average Bonchev–Trinajstić information content (AvgIpc) is 2.67. The lowest BCUT2D eigenvalue weighted by atomic mass is 10.3. The first-order valence-corrected chi connectivity index (χ1v) is 3.57. The lowest BCUT2D eigenvalue weighted by molar-refractivity contribution is 0.304. The number of nitrogens with zero attached hydrogens (tertiary/aromatic N) is 5. The molecule has 0 unspecified atom stereocenters. The summed E-state index contributed by atoms with van der Waals surface area (Å²) in [5.74, 6) is 0.365. The molecule has 2 rings (SSSR count). The van der Waals surface area contributed by atoms with Crippen LogP contribution >= 0.6 is 0 Å². The molecule has 0 saturated carbocycles. The van der Waals surface area contributed by atoms with E-state index in [4.69, 9.17) is 5.73 Å². The van der Waals surface area contributed by atoms with Crippen molar-refractivity contribution < 1.29 is 4.63 Å². The van der Waals surface area contributed by atoms with E-state index in [1.165, 1.54) is 12.4 Å². The Kier molecular flexibility index (Phi) is 1.93. The fourth-order valence-electron chi connectivity index (χ4n) is 0.866. The van der Waals surface area contributed by atoms with Gasteiger partial charge in [0.1, 0.15) is 5.69 Å². The van der Waals surface area contributed by atoms with Crippen molar-refractivity contribution in [1.82, 2.24) is 25.5 Å². The van der Waals surface area contributed by atoms with Crippen LogP contribution in [-0.2, 0) is 6.54 Å². The van der Waals surface area contributed by atoms with Crippen LogP contribution in [0, 0.1) is 0 Å². The maximum absolute atomic E-state index is 5.39. The molecule has 66 valence electrons. The van der Waals surface area contributed by atoms with Crippen molar-refractivity contribution in [3.05, 3.63) is 18.1 Å². The van der Waals surface area contributed by atoms with E-state index < -0.39 is 0 Å². The first-order chi connectivity index (χ1) is 6.42. The highest BCUT2D eigenvalue weighted by Crippen LogP contribution is 2.13. The summed E-state index contributed by atoms with van der Waals surface area (Å²) < 4.78 is 4.50. The molecule has 0 fully saturated rings. The number of aromatic nitrogens is 5. The van der Waals surface area contributed by atoms with E-state index in [0.29, 0.717) is 17.2 Å². The van der Waals surface area contributed by atoms with Gasteiger partial charge in [-0.1, -0.05) is 5.16 Å². The van der Waals surface area contributed by atoms with Crippen molar-refractivity contribution in [2.24, 2.45) is 5.73 Å². The summed E-state index contributed by atoms with van der Waals surface area (Å²) in [5, 5.41) is 14.6. The van der Waals surface area contributed by atoms with Crippen LogP contribution in [0.5, 0.6) is 0 Å². The fraction of sp³-hybridized carbons (Fsp3) is 0.167. The summed E-state index contributed by atoms with van der Waals surface area (Å²) in [6.45, 7) is 0.233. The highest BCUT2D eigenvalue weighted by Gasteiger charge is 2.12. The van der Waals surface area contributed by atoms with Crippen molar-refractivity contribution in [2.45, 2.75) is 6.54 Å². The molecule has 0 bridgehead atoms. The van der Waals surface area contributed by atoms with Gasteiger partial charge in [-0.25, -0.2) is 9.61 Å². The summed E-state index contributed by atoms with van der Waals surface area (Å²) in [5.41, 5.74) is 6.36. The predicted molar refractivity (Wildman–Crippen MR) is 41.0 cm³/mol. The molecule has 0 amide bonds. The number of hydrogen-bond acceptors (Lipinski definition) is 7. The second-order valence-corrected chi connectivity index (χ2v) is 2.23. The zero-order valence-electron chi connectivity index (χ0n) is 6.58. The van der Waals surface area contributed by atoms with Crippen LogP contribution < -0.4 is 5.73 Å². The molecule has 2 N–H and O–H groups in total. The average molecular weight is 178 g/mol. The van der Waals surface area contributed by atoms with E-state index >= 15 is 0 Å². The number of rotatable bonds is 2.